The first-order valence-electron chi connectivity index (χ1n) is 26.6. The molecule has 0 N–H and O–H groups in total. The van der Waals surface area contributed by atoms with E-state index in [0.29, 0.717) is 17.3 Å². The molecule has 1 aromatic heterocycles. The predicted molar refractivity (Wildman–Crippen MR) is 269 cm³/mol. The van der Waals surface area contributed by atoms with Gasteiger partial charge in [-0.05, 0) is 128 Å². The molecule has 3 heterocycles. The van der Waals surface area contributed by atoms with Crippen LogP contribution in [0.25, 0.3) is 11.1 Å². The standard InChI is InChI=1S/C58H56BN3O/c1-56(2,3)40-29-27-39(28-30-40)47-36-42(58(7,8)9)31-32-50(47)62-53-38-46(60(43-20-12-10-13-21-43)44-22-14-11-15-23-44)37-52-54(53)59(49-33-34-63-55(49)62)48-25-16-17-26-51(48)61(52)45-24-18-19-41(35-45)57(4,5)6/h10-38H,1-9H3/i10D,11D,12D,13D,14D,15D,20D,21D,22D,23D. The van der Waals surface area contributed by atoms with Crippen LogP contribution in [0, 0.1) is 0 Å². The van der Waals surface area contributed by atoms with Crippen molar-refractivity contribution in [1.82, 2.24) is 0 Å². The van der Waals surface area contributed by atoms with Crippen LogP contribution in [0.3, 0.4) is 0 Å². The Balaban J connectivity index is 1.39. The number of rotatable bonds is 6. The van der Waals surface area contributed by atoms with E-state index in [-0.39, 0.29) is 33.3 Å². The van der Waals surface area contributed by atoms with Crippen LogP contribution in [0.1, 0.15) is 92.7 Å². The van der Waals surface area contributed by atoms with Crippen LogP contribution < -0.4 is 31.1 Å². The van der Waals surface area contributed by atoms with E-state index in [4.69, 9.17) is 12.6 Å². The van der Waals surface area contributed by atoms with Crippen LogP contribution in [0.15, 0.2) is 180 Å². The molecule has 0 bridgehead atoms. The summed E-state index contributed by atoms with van der Waals surface area (Å²) in [6.07, 6.45) is 1.69. The van der Waals surface area contributed by atoms with Gasteiger partial charge < -0.3 is 14.2 Å². The van der Waals surface area contributed by atoms with Gasteiger partial charge in [-0.2, -0.15) is 0 Å². The molecule has 0 aliphatic carbocycles. The molecule has 2 aliphatic rings. The summed E-state index contributed by atoms with van der Waals surface area (Å²) in [5, 5.41) is 0. The van der Waals surface area contributed by atoms with Crippen molar-refractivity contribution in [1.29, 1.82) is 0 Å². The highest BCUT2D eigenvalue weighted by Crippen LogP contribution is 2.50. The van der Waals surface area contributed by atoms with Crippen molar-refractivity contribution in [2.75, 3.05) is 14.7 Å². The van der Waals surface area contributed by atoms with Gasteiger partial charge in [0.25, 0.3) is 6.71 Å². The van der Waals surface area contributed by atoms with Crippen LogP contribution in [0.2, 0.25) is 0 Å². The lowest BCUT2D eigenvalue weighted by Gasteiger charge is -2.43. The first kappa shape index (κ1) is 30.4. The highest BCUT2D eigenvalue weighted by molar-refractivity contribution is 7.00. The molecule has 0 radical (unpaired) electrons. The number of hydrogen-bond acceptors (Lipinski definition) is 4. The summed E-state index contributed by atoms with van der Waals surface area (Å²) in [5.41, 5.74) is 10.5. The molecule has 5 heteroatoms. The second-order valence-electron chi connectivity index (χ2n) is 19.6. The minimum Gasteiger partial charge on any atom is -0.449 e. The molecule has 0 saturated heterocycles. The molecule has 0 unspecified atom stereocenters. The van der Waals surface area contributed by atoms with E-state index < -0.39 is 67.1 Å². The van der Waals surface area contributed by atoms with Crippen molar-refractivity contribution in [2.45, 2.75) is 78.6 Å². The third-order valence-electron chi connectivity index (χ3n) is 12.4. The van der Waals surface area contributed by atoms with Crippen molar-refractivity contribution in [3.8, 4) is 11.1 Å². The van der Waals surface area contributed by atoms with E-state index >= 15 is 0 Å². The Labute approximate surface area is 388 Å². The molecule has 10 rings (SSSR count). The first-order chi connectivity index (χ1) is 34.3. The molecular formula is C58H56BN3O. The zero-order chi connectivity index (χ0) is 52.5. The molecule has 0 amide bonds. The molecule has 0 atom stereocenters. The van der Waals surface area contributed by atoms with E-state index in [1.165, 1.54) is 10.5 Å². The van der Waals surface area contributed by atoms with Gasteiger partial charge in [0, 0.05) is 39.7 Å². The van der Waals surface area contributed by atoms with Gasteiger partial charge in [0.15, 0.2) is 5.88 Å². The molecule has 0 fully saturated rings. The maximum Gasteiger partial charge on any atom is 0.256 e. The molecule has 312 valence electrons. The topological polar surface area (TPSA) is 22.9 Å². The van der Waals surface area contributed by atoms with Crippen LogP contribution in [0.4, 0.5) is 51.4 Å². The van der Waals surface area contributed by atoms with Crippen LogP contribution >= 0.6 is 0 Å². The molecule has 7 aromatic carbocycles. The van der Waals surface area contributed by atoms with Gasteiger partial charge in [-0.1, -0.05) is 159 Å². The molecule has 8 aromatic rings. The fraction of sp³-hybridized carbons (Fsp3) is 0.207. The van der Waals surface area contributed by atoms with Crippen LogP contribution in [0.5, 0.6) is 0 Å². The van der Waals surface area contributed by atoms with Gasteiger partial charge in [-0.3, -0.25) is 4.90 Å². The van der Waals surface area contributed by atoms with Crippen molar-refractivity contribution in [3.05, 3.63) is 193 Å². The largest absolute Gasteiger partial charge is 0.449 e. The number of nitrogens with zero attached hydrogens (tertiary/aromatic N) is 3. The lowest BCUT2D eigenvalue weighted by molar-refractivity contribution is 0.575. The Morgan fingerprint density at radius 2 is 1.08 bits per heavy atom. The number of furan rings is 1. The van der Waals surface area contributed by atoms with E-state index in [1.54, 1.807) is 6.26 Å². The zero-order valence-corrected chi connectivity index (χ0v) is 37.3. The maximum absolute atomic E-state index is 9.43. The summed E-state index contributed by atoms with van der Waals surface area (Å²) in [6, 6.07) is 30.9. The van der Waals surface area contributed by atoms with Gasteiger partial charge in [0.2, 0.25) is 0 Å². The Bertz CT molecular complexity index is 3440. The first-order valence-corrected chi connectivity index (χ1v) is 21.6. The summed E-state index contributed by atoms with van der Waals surface area (Å²) in [4.78, 5) is 5.50. The molecule has 63 heavy (non-hydrogen) atoms. The Hall–Kier alpha value is -6.72. The lowest BCUT2D eigenvalue weighted by Crippen LogP contribution is -2.61. The monoisotopic (exact) mass is 832 g/mol. The number of para-hydroxylation sites is 3. The van der Waals surface area contributed by atoms with Crippen molar-refractivity contribution >= 4 is 74.5 Å². The number of benzene rings is 7. The van der Waals surface area contributed by atoms with Crippen molar-refractivity contribution in [2.24, 2.45) is 0 Å². The van der Waals surface area contributed by atoms with Crippen LogP contribution in [-0.2, 0) is 16.2 Å². The quantitative estimate of drug-likeness (QED) is 0.156. The summed E-state index contributed by atoms with van der Waals surface area (Å²) in [5.74, 6) is 0.534. The third kappa shape index (κ3) is 7.04. The van der Waals surface area contributed by atoms with Crippen molar-refractivity contribution in [3.63, 3.8) is 0 Å². The van der Waals surface area contributed by atoms with Gasteiger partial charge in [0.1, 0.15) is 0 Å². The summed E-state index contributed by atoms with van der Waals surface area (Å²) in [7, 11) is 0. The summed E-state index contributed by atoms with van der Waals surface area (Å²) < 4.78 is 97.2. The van der Waals surface area contributed by atoms with Gasteiger partial charge in [-0.25, -0.2) is 0 Å². The van der Waals surface area contributed by atoms with Gasteiger partial charge >= 0.3 is 0 Å². The van der Waals surface area contributed by atoms with E-state index in [9.17, 15) is 5.48 Å². The summed E-state index contributed by atoms with van der Waals surface area (Å²) >= 11 is 0. The second kappa shape index (κ2) is 15.0. The van der Waals surface area contributed by atoms with Gasteiger partial charge in [-0.15, -0.1) is 0 Å². The number of anilines is 9. The highest BCUT2D eigenvalue weighted by Gasteiger charge is 2.46. The highest BCUT2D eigenvalue weighted by atomic mass is 16.3. The minimum absolute atomic E-state index is 0.0972. The minimum atomic E-state index is -0.648. The lowest BCUT2D eigenvalue weighted by atomic mass is 9.34. The fourth-order valence-electron chi connectivity index (χ4n) is 9.06. The average molecular weight is 832 g/mol. The summed E-state index contributed by atoms with van der Waals surface area (Å²) in [6.45, 7) is 19.2. The second-order valence-corrected chi connectivity index (χ2v) is 19.6. The third-order valence-corrected chi connectivity index (χ3v) is 12.4. The maximum atomic E-state index is 9.43. The van der Waals surface area contributed by atoms with E-state index in [0.717, 1.165) is 55.7 Å². The van der Waals surface area contributed by atoms with Crippen LogP contribution in [-0.4, -0.2) is 6.71 Å². The molecule has 2 aliphatic heterocycles. The SMILES string of the molecule is [2H]c1c([2H])c([2H])c(N(c2cc3c4c(c2)N(c2ccc(C(C)(C)C)cc2-c2ccc(C(C)(C)C)cc2)c2occc2B4c2ccccc2N3c2cccc(C(C)(C)C)c2)c2c([2H])c([2H])c([2H])c([2H])c2[2H])c([2H])c1[2H]. The average Bonchev–Trinajstić information content (AvgIpc) is 3.84. The molecule has 4 nitrogen and oxygen atoms in total. The van der Waals surface area contributed by atoms with E-state index in [1.807, 2.05) is 42.5 Å². The Morgan fingerprint density at radius 1 is 0.492 bits per heavy atom. The van der Waals surface area contributed by atoms with Gasteiger partial charge in [0.05, 0.1) is 31.3 Å². The number of hydrogen-bond donors (Lipinski definition) is 0. The Morgan fingerprint density at radius 3 is 1.71 bits per heavy atom. The fourth-order valence-corrected chi connectivity index (χ4v) is 9.06. The Kier molecular flexibility index (Phi) is 7.22. The normalized spacial score (nSPS) is 15.6. The molecule has 0 spiro atoms. The predicted octanol–water partition coefficient (Wildman–Crippen LogP) is 14.4. The van der Waals surface area contributed by atoms with Crippen molar-refractivity contribution < 1.29 is 18.1 Å². The van der Waals surface area contributed by atoms with E-state index in [2.05, 4.69) is 139 Å². The zero-order valence-electron chi connectivity index (χ0n) is 47.3. The molecular weight excluding hydrogens is 765 g/mol. The number of fused-ring (bicyclic) bond motifs is 4. The smallest absolute Gasteiger partial charge is 0.256 e. The molecule has 0 saturated carbocycles.